The van der Waals surface area contributed by atoms with Gasteiger partial charge in [0.1, 0.15) is 0 Å². The van der Waals surface area contributed by atoms with Crippen LogP contribution in [0.1, 0.15) is 13.3 Å². The average molecular weight is 166 g/mol. The highest BCUT2D eigenvalue weighted by Crippen LogP contribution is 1.85. The van der Waals surface area contributed by atoms with Crippen molar-refractivity contribution in [1.29, 1.82) is 0 Å². The van der Waals surface area contributed by atoms with Crippen molar-refractivity contribution in [2.75, 3.05) is 0 Å². The summed E-state index contributed by atoms with van der Waals surface area (Å²) >= 11 is 0. The predicted molar refractivity (Wildman–Crippen MR) is 51.1 cm³/mol. The molecular weight excluding hydrogens is 152 g/mol. The van der Waals surface area contributed by atoms with E-state index in [0.717, 1.165) is 6.42 Å². The third-order valence-electron chi connectivity index (χ3n) is 1.06. The van der Waals surface area contributed by atoms with Crippen LogP contribution in [-0.4, -0.2) is 10.2 Å². The van der Waals surface area contributed by atoms with Gasteiger partial charge in [0.05, 0.1) is 0 Å². The summed E-state index contributed by atoms with van der Waals surface area (Å²) in [4.78, 5) is 0. The van der Waals surface area contributed by atoms with Gasteiger partial charge >= 0.3 is 0 Å². The van der Waals surface area contributed by atoms with Gasteiger partial charge in [-0.15, -0.1) is 0 Å². The number of rotatable bonds is 4. The highest BCUT2D eigenvalue weighted by atomic mass is 16.5. The molecule has 0 aromatic carbocycles. The van der Waals surface area contributed by atoms with Crippen LogP contribution in [0.25, 0.3) is 0 Å². The fourth-order valence-corrected chi connectivity index (χ4v) is 0.549. The summed E-state index contributed by atoms with van der Waals surface area (Å²) in [5.74, 6) is -0.677. The standard InChI is InChI=1S/C10H14O2/c1-2-3-4-5-6-7-8-9-10(11)12/h3-9,11-12H,2H2,1H3. The van der Waals surface area contributed by atoms with E-state index in [1.54, 1.807) is 12.2 Å². The first-order valence-corrected chi connectivity index (χ1v) is 3.85. The molecule has 0 aromatic heterocycles. The van der Waals surface area contributed by atoms with Gasteiger partial charge in [-0.3, -0.25) is 0 Å². The average Bonchev–Trinajstić information content (AvgIpc) is 2.02. The molecule has 0 atom stereocenters. The number of hydrogen-bond donors (Lipinski definition) is 2. The van der Waals surface area contributed by atoms with Crippen molar-refractivity contribution in [3.63, 3.8) is 0 Å². The molecule has 2 nitrogen and oxygen atoms in total. The van der Waals surface area contributed by atoms with Crippen molar-refractivity contribution in [3.8, 4) is 0 Å². The van der Waals surface area contributed by atoms with E-state index in [0.29, 0.717) is 0 Å². The molecule has 0 aliphatic heterocycles. The molecule has 0 bridgehead atoms. The summed E-state index contributed by atoms with van der Waals surface area (Å²) in [6.45, 7) is 2.06. The van der Waals surface area contributed by atoms with Crippen LogP contribution in [0.15, 0.2) is 48.5 Å². The van der Waals surface area contributed by atoms with E-state index in [2.05, 4.69) is 6.92 Å². The van der Waals surface area contributed by atoms with Crippen molar-refractivity contribution < 1.29 is 10.2 Å². The molecule has 0 amide bonds. The maximum Gasteiger partial charge on any atom is 0.274 e. The first kappa shape index (κ1) is 10.6. The maximum atomic E-state index is 8.32. The molecule has 0 aromatic rings. The topological polar surface area (TPSA) is 40.5 Å². The Bertz CT molecular complexity index is 206. The Morgan fingerprint density at radius 1 is 1.00 bits per heavy atom. The zero-order valence-electron chi connectivity index (χ0n) is 7.14. The van der Waals surface area contributed by atoms with E-state index >= 15 is 0 Å². The van der Waals surface area contributed by atoms with E-state index in [-0.39, 0.29) is 0 Å². The summed E-state index contributed by atoms with van der Waals surface area (Å²) in [5, 5.41) is 16.6. The smallest absolute Gasteiger partial charge is 0.274 e. The van der Waals surface area contributed by atoms with Crippen LogP contribution in [-0.2, 0) is 0 Å². The van der Waals surface area contributed by atoms with Gasteiger partial charge < -0.3 is 10.2 Å². The van der Waals surface area contributed by atoms with Crippen LogP contribution in [0.3, 0.4) is 0 Å². The summed E-state index contributed by atoms with van der Waals surface area (Å²) in [6, 6.07) is 0. The van der Waals surface area contributed by atoms with Crippen LogP contribution < -0.4 is 0 Å². The quantitative estimate of drug-likeness (QED) is 0.497. The Labute approximate surface area is 72.9 Å². The number of hydrogen-bond acceptors (Lipinski definition) is 2. The Kier molecular flexibility index (Phi) is 6.74. The van der Waals surface area contributed by atoms with E-state index in [1.807, 2.05) is 24.3 Å². The number of aliphatic hydroxyl groups is 2. The molecule has 0 spiro atoms. The SMILES string of the molecule is CCC=CC=CC=CC=C(O)O. The molecule has 66 valence electrons. The maximum absolute atomic E-state index is 8.32. The highest BCUT2D eigenvalue weighted by molar-refractivity contribution is 5.15. The van der Waals surface area contributed by atoms with Crippen molar-refractivity contribution in [2.45, 2.75) is 13.3 Å². The zero-order chi connectivity index (χ0) is 9.23. The minimum atomic E-state index is -0.677. The van der Waals surface area contributed by atoms with E-state index in [9.17, 15) is 0 Å². The van der Waals surface area contributed by atoms with Crippen molar-refractivity contribution in [2.24, 2.45) is 0 Å². The predicted octanol–water partition coefficient (Wildman–Crippen LogP) is 3.02. The van der Waals surface area contributed by atoms with Gasteiger partial charge in [-0.05, 0) is 6.42 Å². The van der Waals surface area contributed by atoms with Gasteiger partial charge in [-0.1, -0.05) is 43.4 Å². The number of aliphatic hydroxyl groups excluding tert-OH is 1. The molecule has 0 aliphatic rings. The molecule has 0 saturated carbocycles. The minimum absolute atomic E-state index is 0.677. The fraction of sp³-hybridized carbons (Fsp3) is 0.200. The molecule has 2 N–H and O–H groups in total. The van der Waals surface area contributed by atoms with Gasteiger partial charge in [0.2, 0.25) is 0 Å². The van der Waals surface area contributed by atoms with E-state index in [4.69, 9.17) is 10.2 Å². The molecule has 0 unspecified atom stereocenters. The summed E-state index contributed by atoms with van der Waals surface area (Å²) in [6.07, 6.45) is 13.1. The van der Waals surface area contributed by atoms with E-state index in [1.165, 1.54) is 6.08 Å². The van der Waals surface area contributed by atoms with Gasteiger partial charge in [-0.25, -0.2) is 0 Å². The fourth-order valence-electron chi connectivity index (χ4n) is 0.549. The third-order valence-corrected chi connectivity index (χ3v) is 1.06. The zero-order valence-corrected chi connectivity index (χ0v) is 7.14. The Hall–Kier alpha value is -1.44. The minimum Gasteiger partial charge on any atom is -0.481 e. The Morgan fingerprint density at radius 3 is 2.17 bits per heavy atom. The molecule has 0 aliphatic carbocycles. The van der Waals surface area contributed by atoms with Crippen LogP contribution in [0, 0.1) is 0 Å². The van der Waals surface area contributed by atoms with Crippen molar-refractivity contribution in [1.82, 2.24) is 0 Å². The molecule has 0 fully saturated rings. The van der Waals surface area contributed by atoms with Crippen LogP contribution >= 0.6 is 0 Å². The monoisotopic (exact) mass is 166 g/mol. The lowest BCUT2D eigenvalue weighted by molar-refractivity contribution is 0.191. The van der Waals surface area contributed by atoms with E-state index < -0.39 is 5.95 Å². The third kappa shape index (κ3) is 8.56. The Morgan fingerprint density at radius 2 is 1.58 bits per heavy atom. The first-order chi connectivity index (χ1) is 5.77. The van der Waals surface area contributed by atoms with Gasteiger partial charge in [-0.2, -0.15) is 0 Å². The van der Waals surface area contributed by atoms with Crippen LogP contribution in [0.2, 0.25) is 0 Å². The first-order valence-electron chi connectivity index (χ1n) is 3.85. The molecular formula is C10H14O2. The summed E-state index contributed by atoms with van der Waals surface area (Å²) in [7, 11) is 0. The second-order valence-corrected chi connectivity index (χ2v) is 2.13. The molecule has 0 saturated heterocycles. The molecule has 0 rings (SSSR count). The normalized spacial score (nSPS) is 11.8. The lowest BCUT2D eigenvalue weighted by atomic mass is 10.3. The molecule has 2 heteroatoms. The van der Waals surface area contributed by atoms with Gasteiger partial charge in [0, 0.05) is 6.08 Å². The second-order valence-electron chi connectivity index (χ2n) is 2.13. The Balaban J connectivity index is 3.67. The number of allylic oxidation sites excluding steroid dienone is 7. The largest absolute Gasteiger partial charge is 0.481 e. The van der Waals surface area contributed by atoms with Gasteiger partial charge in [0.15, 0.2) is 0 Å². The van der Waals surface area contributed by atoms with Crippen molar-refractivity contribution in [3.05, 3.63) is 48.5 Å². The molecule has 0 radical (unpaired) electrons. The second kappa shape index (κ2) is 7.66. The lowest BCUT2D eigenvalue weighted by Gasteiger charge is -1.79. The van der Waals surface area contributed by atoms with Gasteiger partial charge in [0.25, 0.3) is 5.95 Å². The van der Waals surface area contributed by atoms with Crippen LogP contribution in [0.5, 0.6) is 0 Å². The van der Waals surface area contributed by atoms with Crippen LogP contribution in [0.4, 0.5) is 0 Å². The lowest BCUT2D eigenvalue weighted by Crippen LogP contribution is -1.70. The summed E-state index contributed by atoms with van der Waals surface area (Å²) in [5.41, 5.74) is 0. The molecule has 0 heterocycles. The van der Waals surface area contributed by atoms with Crippen molar-refractivity contribution >= 4 is 0 Å². The highest BCUT2D eigenvalue weighted by Gasteiger charge is 1.73. The molecule has 12 heavy (non-hydrogen) atoms. The summed E-state index contributed by atoms with van der Waals surface area (Å²) < 4.78 is 0.